The van der Waals surface area contributed by atoms with Crippen molar-refractivity contribution in [3.63, 3.8) is 0 Å². The first-order valence-electron chi connectivity index (χ1n) is 9.13. The highest BCUT2D eigenvalue weighted by atomic mass is 16.7. The molecule has 2 bridgehead atoms. The summed E-state index contributed by atoms with van der Waals surface area (Å²) in [5.41, 5.74) is -0.890. The minimum Gasteiger partial charge on any atom is -0.465 e. The second kappa shape index (κ2) is 5.53. The Balaban J connectivity index is 1.86. The minimum atomic E-state index is -0.986. The molecule has 1 spiro atoms. The number of aliphatic hydroxyl groups excluding tert-OH is 1. The molecule has 0 amide bonds. The molecule has 0 radical (unpaired) electrons. The van der Waals surface area contributed by atoms with Gasteiger partial charge in [0.1, 0.15) is 30.5 Å². The van der Waals surface area contributed by atoms with E-state index in [2.05, 4.69) is 6.08 Å². The van der Waals surface area contributed by atoms with E-state index in [0.717, 1.165) is 6.42 Å². The monoisotopic (exact) mass is 366 g/mol. The summed E-state index contributed by atoms with van der Waals surface area (Å²) in [6.45, 7) is 7.31. The molecule has 3 fully saturated rings. The zero-order valence-electron chi connectivity index (χ0n) is 15.6. The highest BCUT2D eigenvalue weighted by Gasteiger charge is 2.85. The second-order valence-electron chi connectivity index (χ2n) is 8.33. The molecule has 2 aliphatic heterocycles. The Morgan fingerprint density at radius 3 is 2.62 bits per heavy atom. The Bertz CT molecular complexity index is 681. The molecule has 7 atom stereocenters. The largest absolute Gasteiger partial charge is 0.465 e. The van der Waals surface area contributed by atoms with Crippen molar-refractivity contribution in [1.29, 1.82) is 0 Å². The van der Waals surface area contributed by atoms with Crippen LogP contribution in [0.25, 0.3) is 0 Å². The highest BCUT2D eigenvalue weighted by molar-refractivity contribution is 5.67. The molecule has 1 N–H and O–H groups in total. The van der Waals surface area contributed by atoms with E-state index in [-0.39, 0.29) is 18.7 Å². The number of carbonyl (C=O) groups is 2. The summed E-state index contributed by atoms with van der Waals surface area (Å²) in [5.74, 6) is -0.830. The number of rotatable bonds is 3. The minimum absolute atomic E-state index is 0.135. The van der Waals surface area contributed by atoms with Gasteiger partial charge in [0, 0.05) is 19.3 Å². The van der Waals surface area contributed by atoms with Crippen molar-refractivity contribution in [2.24, 2.45) is 10.8 Å². The summed E-state index contributed by atoms with van der Waals surface area (Å²) in [6, 6.07) is 0. The van der Waals surface area contributed by atoms with Crippen LogP contribution in [-0.2, 0) is 28.5 Å². The fraction of sp³-hybridized carbons (Fsp3) is 0.789. The fourth-order valence-corrected chi connectivity index (χ4v) is 5.60. The normalized spacial score (nSPS) is 48.6. The van der Waals surface area contributed by atoms with Crippen LogP contribution in [0.5, 0.6) is 0 Å². The highest BCUT2D eigenvalue weighted by Crippen LogP contribution is 2.72. The van der Waals surface area contributed by atoms with Gasteiger partial charge in [0.2, 0.25) is 0 Å². The van der Waals surface area contributed by atoms with E-state index in [1.807, 2.05) is 13.8 Å². The number of hydrogen-bond donors (Lipinski definition) is 1. The van der Waals surface area contributed by atoms with Crippen molar-refractivity contribution in [3.8, 4) is 0 Å². The molecule has 4 rings (SSSR count). The zero-order chi connectivity index (χ0) is 18.9. The maximum absolute atomic E-state index is 11.8. The van der Waals surface area contributed by atoms with Gasteiger partial charge in [-0.25, -0.2) is 0 Å². The Labute approximate surface area is 152 Å². The number of epoxide rings is 1. The van der Waals surface area contributed by atoms with Crippen molar-refractivity contribution in [2.75, 3.05) is 13.2 Å². The molecule has 0 aromatic rings. The lowest BCUT2D eigenvalue weighted by Gasteiger charge is -2.58. The van der Waals surface area contributed by atoms with Gasteiger partial charge < -0.3 is 24.1 Å². The Morgan fingerprint density at radius 1 is 1.35 bits per heavy atom. The number of esters is 2. The third-order valence-electron chi connectivity index (χ3n) is 7.08. The lowest BCUT2D eigenvalue weighted by molar-refractivity contribution is -0.233. The first kappa shape index (κ1) is 17.9. The molecule has 144 valence electrons. The number of fused-ring (bicyclic) bond motifs is 2. The van der Waals surface area contributed by atoms with Gasteiger partial charge in [-0.15, -0.1) is 0 Å². The number of ether oxygens (including phenoxy) is 4. The molecule has 2 saturated heterocycles. The fourth-order valence-electron chi connectivity index (χ4n) is 5.60. The summed E-state index contributed by atoms with van der Waals surface area (Å²) < 4.78 is 23.3. The van der Waals surface area contributed by atoms with Gasteiger partial charge in [-0.3, -0.25) is 9.59 Å². The van der Waals surface area contributed by atoms with Gasteiger partial charge in [-0.2, -0.15) is 0 Å². The second-order valence-corrected chi connectivity index (χ2v) is 8.33. The van der Waals surface area contributed by atoms with Crippen molar-refractivity contribution < 1.29 is 33.6 Å². The molecular weight excluding hydrogens is 340 g/mol. The predicted octanol–water partition coefficient (Wildman–Crippen LogP) is 1.12. The van der Waals surface area contributed by atoms with Crippen LogP contribution >= 0.6 is 0 Å². The number of aliphatic hydroxyl groups is 1. The summed E-state index contributed by atoms with van der Waals surface area (Å²) in [5, 5.41) is 10.9. The average Bonchev–Trinajstić information content (AvgIpc) is 3.34. The van der Waals surface area contributed by atoms with Crippen LogP contribution in [0.3, 0.4) is 0 Å². The van der Waals surface area contributed by atoms with E-state index in [1.165, 1.54) is 19.4 Å². The molecule has 2 aliphatic carbocycles. The lowest BCUT2D eigenvalue weighted by Crippen LogP contribution is -2.66. The van der Waals surface area contributed by atoms with Gasteiger partial charge in [0.25, 0.3) is 0 Å². The topological polar surface area (TPSA) is 94.6 Å². The van der Waals surface area contributed by atoms with Crippen LogP contribution in [0, 0.1) is 10.8 Å². The quantitative estimate of drug-likeness (QED) is 0.454. The van der Waals surface area contributed by atoms with Crippen molar-refractivity contribution >= 4 is 11.9 Å². The van der Waals surface area contributed by atoms with Crippen molar-refractivity contribution in [1.82, 2.24) is 0 Å². The van der Waals surface area contributed by atoms with E-state index >= 15 is 0 Å². The molecular formula is C19H26O7. The molecule has 26 heavy (non-hydrogen) atoms. The van der Waals surface area contributed by atoms with Gasteiger partial charge >= 0.3 is 11.9 Å². The van der Waals surface area contributed by atoms with Crippen LogP contribution < -0.4 is 0 Å². The third-order valence-corrected chi connectivity index (χ3v) is 7.08. The Morgan fingerprint density at radius 2 is 2.04 bits per heavy atom. The van der Waals surface area contributed by atoms with E-state index in [1.54, 1.807) is 0 Å². The number of carbonyl (C=O) groups excluding carboxylic acids is 2. The summed E-state index contributed by atoms with van der Waals surface area (Å²) in [7, 11) is 0. The van der Waals surface area contributed by atoms with Crippen molar-refractivity contribution in [2.45, 2.75) is 70.6 Å². The van der Waals surface area contributed by atoms with Gasteiger partial charge in [0.15, 0.2) is 0 Å². The SMILES string of the molecule is CC(=O)OC[C@]12CCC(C)=C[C@H]1O[C@@H]1[C@H](O)[C@@H](OC(C)=O)[C@@]2(C)[C@@]12CO2. The molecule has 4 aliphatic rings. The van der Waals surface area contributed by atoms with Crippen LogP contribution in [0.1, 0.15) is 40.5 Å². The summed E-state index contributed by atoms with van der Waals surface area (Å²) >= 11 is 0. The Kier molecular flexibility index (Phi) is 3.82. The van der Waals surface area contributed by atoms with Gasteiger partial charge in [0.05, 0.1) is 18.1 Å². The number of allylic oxidation sites excluding steroid dienone is 1. The van der Waals surface area contributed by atoms with Crippen LogP contribution in [0.4, 0.5) is 0 Å². The summed E-state index contributed by atoms with van der Waals surface area (Å²) in [4.78, 5) is 23.4. The smallest absolute Gasteiger partial charge is 0.303 e. The van der Waals surface area contributed by atoms with E-state index in [9.17, 15) is 14.7 Å². The van der Waals surface area contributed by atoms with Gasteiger partial charge in [-0.1, -0.05) is 18.6 Å². The molecule has 7 nitrogen and oxygen atoms in total. The molecule has 0 unspecified atom stereocenters. The molecule has 1 saturated carbocycles. The van der Waals surface area contributed by atoms with E-state index < -0.39 is 40.7 Å². The molecule has 0 aromatic carbocycles. The number of hydrogen-bond acceptors (Lipinski definition) is 7. The third kappa shape index (κ3) is 2.05. The maximum atomic E-state index is 11.8. The molecule has 0 aromatic heterocycles. The lowest BCUT2D eigenvalue weighted by atomic mass is 9.51. The van der Waals surface area contributed by atoms with E-state index in [0.29, 0.717) is 13.0 Å². The average molecular weight is 366 g/mol. The van der Waals surface area contributed by atoms with Crippen LogP contribution in [0.15, 0.2) is 11.6 Å². The Hall–Kier alpha value is -1.44. The molecule has 2 heterocycles. The predicted molar refractivity (Wildman–Crippen MR) is 89.1 cm³/mol. The van der Waals surface area contributed by atoms with E-state index in [4.69, 9.17) is 18.9 Å². The first-order chi connectivity index (χ1) is 12.2. The van der Waals surface area contributed by atoms with Gasteiger partial charge in [-0.05, 0) is 19.8 Å². The van der Waals surface area contributed by atoms with Crippen LogP contribution in [-0.4, -0.2) is 60.3 Å². The molecule has 7 heteroatoms. The van der Waals surface area contributed by atoms with Crippen molar-refractivity contribution in [3.05, 3.63) is 11.6 Å². The summed E-state index contributed by atoms with van der Waals surface area (Å²) in [6.07, 6.45) is 0.896. The standard InChI is InChI=1S/C19H26O7/c1-10-5-6-18(8-23-11(2)20)13(7-10)26-16-14(22)15(25-12(3)21)17(18,4)19(16)9-24-19/h7,13-16,22H,5-6,8-9H2,1-4H3/t13-,14-,15-,16-,17-,18-,19-/m1/s1. The maximum Gasteiger partial charge on any atom is 0.303 e. The first-order valence-corrected chi connectivity index (χ1v) is 9.13. The van der Waals surface area contributed by atoms with Crippen LogP contribution in [0.2, 0.25) is 0 Å². The zero-order valence-corrected chi connectivity index (χ0v) is 15.6.